The minimum atomic E-state index is 0.862. The summed E-state index contributed by atoms with van der Waals surface area (Å²) in [7, 11) is 0. The molecule has 3 rings (SSSR count). The van der Waals surface area contributed by atoms with Crippen LogP contribution in [0.4, 0.5) is 0 Å². The van der Waals surface area contributed by atoms with Crippen LogP contribution in [0.3, 0.4) is 0 Å². The van der Waals surface area contributed by atoms with E-state index in [1.54, 1.807) is 0 Å². The van der Waals surface area contributed by atoms with Crippen molar-refractivity contribution in [3.63, 3.8) is 0 Å². The maximum Gasteiger partial charge on any atom is 0.123 e. The van der Waals surface area contributed by atoms with Gasteiger partial charge in [0, 0.05) is 22.2 Å². The molecule has 1 aliphatic rings. The van der Waals surface area contributed by atoms with Gasteiger partial charge in [-0.25, -0.2) is 0 Å². The molecular formula is C13H15NO. The van der Waals surface area contributed by atoms with E-state index in [0.29, 0.717) is 0 Å². The first-order chi connectivity index (χ1) is 7.27. The zero-order chi connectivity index (χ0) is 10.4. The number of aromatic nitrogens is 1. The predicted molar refractivity (Wildman–Crippen MR) is 61.6 cm³/mol. The van der Waals surface area contributed by atoms with Gasteiger partial charge in [-0.2, -0.15) is 0 Å². The van der Waals surface area contributed by atoms with Crippen molar-refractivity contribution >= 4 is 10.9 Å². The van der Waals surface area contributed by atoms with Crippen LogP contribution in [0.15, 0.2) is 12.1 Å². The van der Waals surface area contributed by atoms with E-state index in [2.05, 4.69) is 31.0 Å². The van der Waals surface area contributed by atoms with Gasteiger partial charge in [0.15, 0.2) is 0 Å². The Morgan fingerprint density at radius 1 is 1.27 bits per heavy atom. The van der Waals surface area contributed by atoms with Crippen molar-refractivity contribution in [1.82, 2.24) is 4.98 Å². The molecule has 2 aromatic rings. The molecule has 0 radical (unpaired) electrons. The maximum atomic E-state index is 5.68. The Hall–Kier alpha value is -1.44. The summed E-state index contributed by atoms with van der Waals surface area (Å²) in [5.74, 6) is 1.08. The third-order valence-corrected chi connectivity index (χ3v) is 3.36. The van der Waals surface area contributed by atoms with E-state index in [1.807, 2.05) is 0 Å². The molecule has 0 amide bonds. The highest BCUT2D eigenvalue weighted by Gasteiger charge is 2.16. The number of benzene rings is 1. The predicted octanol–water partition coefficient (Wildman–Crippen LogP) is 3.11. The van der Waals surface area contributed by atoms with Crippen LogP contribution < -0.4 is 4.74 Å². The molecule has 0 aliphatic carbocycles. The SMILES string of the molecule is Cc1[nH]c2ccc3c(c2c1C)CCCO3. The highest BCUT2D eigenvalue weighted by atomic mass is 16.5. The number of aryl methyl sites for hydroxylation is 3. The molecule has 0 bridgehead atoms. The lowest BCUT2D eigenvalue weighted by Crippen LogP contribution is -2.08. The number of hydrogen-bond donors (Lipinski definition) is 1. The molecule has 1 aromatic heterocycles. The zero-order valence-electron chi connectivity index (χ0n) is 9.18. The zero-order valence-corrected chi connectivity index (χ0v) is 9.18. The maximum absolute atomic E-state index is 5.68. The van der Waals surface area contributed by atoms with Crippen LogP contribution in [0, 0.1) is 13.8 Å². The van der Waals surface area contributed by atoms with Gasteiger partial charge < -0.3 is 9.72 Å². The van der Waals surface area contributed by atoms with E-state index in [1.165, 1.54) is 27.7 Å². The molecule has 0 saturated heterocycles. The Kier molecular flexibility index (Phi) is 1.78. The lowest BCUT2D eigenvalue weighted by Gasteiger charge is -2.18. The number of H-pyrrole nitrogens is 1. The first kappa shape index (κ1) is 8.84. The van der Waals surface area contributed by atoms with Gasteiger partial charge in [-0.05, 0) is 44.4 Å². The Morgan fingerprint density at radius 2 is 2.13 bits per heavy atom. The second kappa shape index (κ2) is 3.02. The Morgan fingerprint density at radius 3 is 3.00 bits per heavy atom. The molecule has 0 atom stereocenters. The summed E-state index contributed by atoms with van der Waals surface area (Å²) in [5, 5.41) is 1.38. The third-order valence-electron chi connectivity index (χ3n) is 3.36. The lowest BCUT2D eigenvalue weighted by atomic mass is 9.99. The number of fused-ring (bicyclic) bond motifs is 3. The van der Waals surface area contributed by atoms with Gasteiger partial charge in [-0.1, -0.05) is 0 Å². The van der Waals surface area contributed by atoms with Crippen molar-refractivity contribution in [3.8, 4) is 5.75 Å². The van der Waals surface area contributed by atoms with Crippen molar-refractivity contribution in [3.05, 3.63) is 29.0 Å². The fourth-order valence-corrected chi connectivity index (χ4v) is 2.46. The number of nitrogens with one attached hydrogen (secondary N) is 1. The van der Waals surface area contributed by atoms with Crippen LogP contribution in [0.2, 0.25) is 0 Å². The lowest BCUT2D eigenvalue weighted by molar-refractivity contribution is 0.289. The summed E-state index contributed by atoms with van der Waals surface area (Å²) in [6.07, 6.45) is 2.28. The number of ether oxygens (including phenoxy) is 1. The third kappa shape index (κ3) is 1.17. The molecule has 78 valence electrons. The molecule has 2 heterocycles. The number of rotatable bonds is 0. The fraction of sp³-hybridized carbons (Fsp3) is 0.385. The monoisotopic (exact) mass is 201 g/mol. The molecule has 0 spiro atoms. The highest BCUT2D eigenvalue weighted by Crippen LogP contribution is 2.34. The van der Waals surface area contributed by atoms with Crippen molar-refractivity contribution in [2.24, 2.45) is 0 Å². The molecule has 15 heavy (non-hydrogen) atoms. The average molecular weight is 201 g/mol. The average Bonchev–Trinajstić information content (AvgIpc) is 2.55. The molecular weight excluding hydrogens is 186 g/mol. The van der Waals surface area contributed by atoms with Crippen LogP contribution in [0.5, 0.6) is 5.75 Å². The van der Waals surface area contributed by atoms with Gasteiger partial charge in [-0.15, -0.1) is 0 Å². The second-order valence-electron chi connectivity index (χ2n) is 4.29. The van der Waals surface area contributed by atoms with Crippen LogP contribution in [-0.2, 0) is 6.42 Å². The summed E-state index contributed by atoms with van der Waals surface area (Å²) in [6, 6.07) is 4.21. The highest BCUT2D eigenvalue weighted by molar-refractivity contribution is 5.89. The molecule has 1 aromatic carbocycles. The summed E-state index contributed by atoms with van der Waals surface area (Å²) in [4.78, 5) is 3.42. The summed E-state index contributed by atoms with van der Waals surface area (Å²) in [6.45, 7) is 5.18. The van der Waals surface area contributed by atoms with Gasteiger partial charge in [-0.3, -0.25) is 0 Å². The van der Waals surface area contributed by atoms with Gasteiger partial charge in [0.2, 0.25) is 0 Å². The smallest absolute Gasteiger partial charge is 0.123 e. The summed E-state index contributed by atoms with van der Waals surface area (Å²) in [5.41, 5.74) is 5.27. The van der Waals surface area contributed by atoms with Gasteiger partial charge in [0.25, 0.3) is 0 Å². The fourth-order valence-electron chi connectivity index (χ4n) is 2.46. The Labute approximate surface area is 89.3 Å². The molecule has 2 heteroatoms. The molecule has 1 aliphatic heterocycles. The number of aromatic amines is 1. The van der Waals surface area contributed by atoms with Crippen molar-refractivity contribution < 1.29 is 4.74 Å². The minimum absolute atomic E-state index is 0.862. The minimum Gasteiger partial charge on any atom is -0.493 e. The van der Waals surface area contributed by atoms with E-state index in [-0.39, 0.29) is 0 Å². The molecule has 2 nitrogen and oxygen atoms in total. The molecule has 0 saturated carbocycles. The van der Waals surface area contributed by atoms with Crippen molar-refractivity contribution in [2.75, 3.05) is 6.61 Å². The Balaban J connectivity index is 2.39. The van der Waals surface area contributed by atoms with Crippen molar-refractivity contribution in [1.29, 1.82) is 0 Å². The van der Waals surface area contributed by atoms with Crippen LogP contribution in [0.25, 0.3) is 10.9 Å². The Bertz CT molecular complexity index is 525. The molecule has 1 N–H and O–H groups in total. The van der Waals surface area contributed by atoms with Crippen LogP contribution >= 0.6 is 0 Å². The van der Waals surface area contributed by atoms with E-state index in [0.717, 1.165) is 25.2 Å². The van der Waals surface area contributed by atoms with Crippen LogP contribution in [0.1, 0.15) is 23.2 Å². The van der Waals surface area contributed by atoms with E-state index < -0.39 is 0 Å². The second-order valence-corrected chi connectivity index (χ2v) is 4.29. The summed E-state index contributed by atoms with van der Waals surface area (Å²) >= 11 is 0. The normalized spacial score (nSPS) is 15.1. The van der Waals surface area contributed by atoms with Gasteiger partial charge >= 0.3 is 0 Å². The molecule has 0 fully saturated rings. The number of hydrogen-bond acceptors (Lipinski definition) is 1. The topological polar surface area (TPSA) is 25.0 Å². The van der Waals surface area contributed by atoms with Gasteiger partial charge in [0.1, 0.15) is 5.75 Å². The largest absolute Gasteiger partial charge is 0.493 e. The van der Waals surface area contributed by atoms with E-state index in [4.69, 9.17) is 4.74 Å². The first-order valence-electron chi connectivity index (χ1n) is 5.51. The standard InChI is InChI=1S/C13H15NO/c1-8-9(2)14-11-5-6-12-10(13(8)11)4-3-7-15-12/h5-6,14H,3-4,7H2,1-2H3. The first-order valence-corrected chi connectivity index (χ1v) is 5.51. The summed E-state index contributed by atoms with van der Waals surface area (Å²) < 4.78 is 5.68. The quantitative estimate of drug-likeness (QED) is 0.696. The molecule has 0 unspecified atom stereocenters. The van der Waals surface area contributed by atoms with E-state index in [9.17, 15) is 0 Å². The van der Waals surface area contributed by atoms with Crippen LogP contribution in [-0.4, -0.2) is 11.6 Å². The van der Waals surface area contributed by atoms with Gasteiger partial charge in [0.05, 0.1) is 6.61 Å². The van der Waals surface area contributed by atoms with Crippen molar-refractivity contribution in [2.45, 2.75) is 26.7 Å². The van der Waals surface area contributed by atoms with E-state index >= 15 is 0 Å².